The molecule has 0 saturated heterocycles. The van der Waals surface area contributed by atoms with E-state index in [0.717, 1.165) is 16.8 Å². The fourth-order valence-electron chi connectivity index (χ4n) is 1.78. The summed E-state index contributed by atoms with van der Waals surface area (Å²) in [6, 6.07) is 9.97. The maximum atomic E-state index is 13.7. The zero-order chi connectivity index (χ0) is 14.0. The molecule has 98 valence electrons. The van der Waals surface area contributed by atoms with E-state index in [0.29, 0.717) is 10.0 Å². The number of nitrogens with two attached hydrogens (primary N) is 1. The van der Waals surface area contributed by atoms with Gasteiger partial charge < -0.3 is 11.1 Å². The van der Waals surface area contributed by atoms with E-state index in [1.165, 1.54) is 6.07 Å². The van der Waals surface area contributed by atoms with E-state index in [2.05, 4.69) is 5.32 Å². The molecule has 0 unspecified atom stereocenters. The lowest BCUT2D eigenvalue weighted by Gasteiger charge is -2.11. The third-order valence-electron chi connectivity index (χ3n) is 2.72. The van der Waals surface area contributed by atoms with Gasteiger partial charge in [0.2, 0.25) is 0 Å². The van der Waals surface area contributed by atoms with Gasteiger partial charge in [-0.05, 0) is 42.8 Å². The molecule has 19 heavy (non-hydrogen) atoms. The van der Waals surface area contributed by atoms with Gasteiger partial charge in [0.05, 0.1) is 10.7 Å². The van der Waals surface area contributed by atoms with Gasteiger partial charge >= 0.3 is 0 Å². The van der Waals surface area contributed by atoms with E-state index >= 15 is 0 Å². The summed E-state index contributed by atoms with van der Waals surface area (Å²) < 4.78 is 13.7. The van der Waals surface area contributed by atoms with Crippen molar-refractivity contribution in [1.82, 2.24) is 0 Å². The summed E-state index contributed by atoms with van der Waals surface area (Å²) in [5.41, 5.74) is 8.30. The van der Waals surface area contributed by atoms with E-state index in [1.807, 2.05) is 13.0 Å². The number of rotatable bonds is 3. The van der Waals surface area contributed by atoms with Crippen molar-refractivity contribution in [3.8, 4) is 0 Å². The first-order valence-electron chi connectivity index (χ1n) is 5.60. The molecule has 0 bridgehead atoms. The molecule has 0 heterocycles. The van der Waals surface area contributed by atoms with Crippen molar-refractivity contribution < 1.29 is 4.39 Å². The average molecular weight is 295 g/mol. The molecule has 0 atom stereocenters. The number of halogens is 2. The maximum absolute atomic E-state index is 13.7. The summed E-state index contributed by atoms with van der Waals surface area (Å²) in [6.07, 6.45) is 0. The van der Waals surface area contributed by atoms with Gasteiger partial charge in [0.15, 0.2) is 0 Å². The Labute approximate surface area is 121 Å². The number of hydrogen-bond acceptors (Lipinski definition) is 2. The number of thiocarbonyl (C=S) groups is 1. The third-order valence-corrected chi connectivity index (χ3v) is 3.26. The van der Waals surface area contributed by atoms with Gasteiger partial charge in [-0.15, -0.1) is 0 Å². The minimum absolute atomic E-state index is 0.256. The first kappa shape index (κ1) is 13.8. The van der Waals surface area contributed by atoms with Crippen molar-refractivity contribution >= 4 is 40.2 Å². The topological polar surface area (TPSA) is 38.0 Å². The van der Waals surface area contributed by atoms with Crippen molar-refractivity contribution in [2.75, 3.05) is 5.32 Å². The van der Waals surface area contributed by atoms with Crippen LogP contribution in [-0.4, -0.2) is 4.99 Å². The molecular formula is C14H12ClFN2S. The zero-order valence-corrected chi connectivity index (χ0v) is 11.8. The SMILES string of the molecule is Cc1cc(Nc2c(F)cccc2Cl)ccc1C(N)=S. The quantitative estimate of drug-likeness (QED) is 0.835. The molecular weight excluding hydrogens is 283 g/mol. The van der Waals surface area contributed by atoms with Gasteiger partial charge in [-0.1, -0.05) is 29.9 Å². The van der Waals surface area contributed by atoms with Gasteiger partial charge in [-0.3, -0.25) is 0 Å². The molecule has 0 aliphatic heterocycles. The summed E-state index contributed by atoms with van der Waals surface area (Å²) in [5, 5.41) is 3.29. The molecule has 0 spiro atoms. The standard InChI is InChI=1S/C14H12ClFN2S/c1-8-7-9(5-6-10(8)14(17)19)18-13-11(15)3-2-4-12(13)16/h2-7,18H,1H3,(H2,17,19). The number of nitrogens with one attached hydrogen (secondary N) is 1. The first-order chi connectivity index (χ1) is 8.99. The monoisotopic (exact) mass is 294 g/mol. The highest BCUT2D eigenvalue weighted by Gasteiger charge is 2.08. The second-order valence-corrected chi connectivity index (χ2v) is 4.96. The van der Waals surface area contributed by atoms with E-state index in [4.69, 9.17) is 29.6 Å². The zero-order valence-electron chi connectivity index (χ0n) is 10.2. The summed E-state index contributed by atoms with van der Waals surface area (Å²) >= 11 is 10.9. The molecule has 2 nitrogen and oxygen atoms in total. The normalized spacial score (nSPS) is 10.3. The van der Waals surface area contributed by atoms with Crippen LogP contribution in [0.3, 0.4) is 0 Å². The van der Waals surface area contributed by atoms with E-state index in [9.17, 15) is 4.39 Å². The molecule has 5 heteroatoms. The van der Waals surface area contributed by atoms with Crippen LogP contribution in [0.4, 0.5) is 15.8 Å². The van der Waals surface area contributed by atoms with Crippen LogP contribution in [0.5, 0.6) is 0 Å². The maximum Gasteiger partial charge on any atom is 0.148 e. The Morgan fingerprint density at radius 2 is 2.05 bits per heavy atom. The molecule has 0 aromatic heterocycles. The Hall–Kier alpha value is -1.65. The number of benzene rings is 2. The fourth-order valence-corrected chi connectivity index (χ4v) is 2.22. The number of hydrogen-bond donors (Lipinski definition) is 2. The number of para-hydroxylation sites is 1. The fraction of sp³-hybridized carbons (Fsp3) is 0.0714. The smallest absolute Gasteiger partial charge is 0.148 e. The molecule has 0 aliphatic rings. The van der Waals surface area contributed by atoms with Crippen molar-refractivity contribution in [3.63, 3.8) is 0 Å². The van der Waals surface area contributed by atoms with Crippen LogP contribution in [0.1, 0.15) is 11.1 Å². The molecule has 0 aliphatic carbocycles. The highest BCUT2D eigenvalue weighted by molar-refractivity contribution is 7.80. The van der Waals surface area contributed by atoms with Gasteiger partial charge in [0, 0.05) is 11.3 Å². The van der Waals surface area contributed by atoms with Gasteiger partial charge in [0.1, 0.15) is 10.8 Å². The lowest BCUT2D eigenvalue weighted by molar-refractivity contribution is 0.632. The van der Waals surface area contributed by atoms with Gasteiger partial charge in [-0.25, -0.2) is 4.39 Å². The highest BCUT2D eigenvalue weighted by Crippen LogP contribution is 2.28. The lowest BCUT2D eigenvalue weighted by Crippen LogP contribution is -2.11. The third kappa shape index (κ3) is 3.03. The van der Waals surface area contributed by atoms with Crippen LogP contribution in [0, 0.1) is 12.7 Å². The predicted molar refractivity (Wildman–Crippen MR) is 81.8 cm³/mol. The molecule has 0 radical (unpaired) electrons. The second kappa shape index (κ2) is 5.55. The van der Waals surface area contributed by atoms with Crippen molar-refractivity contribution in [2.45, 2.75) is 6.92 Å². The Morgan fingerprint density at radius 3 is 2.63 bits per heavy atom. The Bertz CT molecular complexity index is 623. The Kier molecular flexibility index (Phi) is 4.02. The molecule has 3 N–H and O–H groups in total. The Morgan fingerprint density at radius 1 is 1.32 bits per heavy atom. The second-order valence-electron chi connectivity index (χ2n) is 4.12. The van der Waals surface area contributed by atoms with Crippen LogP contribution < -0.4 is 11.1 Å². The summed E-state index contributed by atoms with van der Waals surface area (Å²) in [5.74, 6) is -0.399. The summed E-state index contributed by atoms with van der Waals surface area (Å²) in [6.45, 7) is 1.89. The van der Waals surface area contributed by atoms with Gasteiger partial charge in [-0.2, -0.15) is 0 Å². The summed E-state index contributed by atoms with van der Waals surface area (Å²) in [4.78, 5) is 0.341. The van der Waals surface area contributed by atoms with Crippen molar-refractivity contribution in [3.05, 3.63) is 58.4 Å². The molecule has 2 aromatic rings. The first-order valence-corrected chi connectivity index (χ1v) is 6.39. The lowest BCUT2D eigenvalue weighted by atomic mass is 10.1. The molecule has 2 rings (SSSR count). The van der Waals surface area contributed by atoms with E-state index < -0.39 is 5.82 Å². The highest BCUT2D eigenvalue weighted by atomic mass is 35.5. The largest absolute Gasteiger partial charge is 0.389 e. The molecule has 2 aromatic carbocycles. The van der Waals surface area contributed by atoms with Crippen LogP contribution in [0.25, 0.3) is 0 Å². The van der Waals surface area contributed by atoms with Crippen molar-refractivity contribution in [2.24, 2.45) is 5.73 Å². The molecule has 0 fully saturated rings. The predicted octanol–water partition coefficient (Wildman–Crippen LogP) is 4.17. The van der Waals surface area contributed by atoms with Gasteiger partial charge in [0.25, 0.3) is 0 Å². The van der Waals surface area contributed by atoms with Crippen LogP contribution in [0.15, 0.2) is 36.4 Å². The number of anilines is 2. The van der Waals surface area contributed by atoms with Crippen LogP contribution >= 0.6 is 23.8 Å². The summed E-state index contributed by atoms with van der Waals surface area (Å²) in [7, 11) is 0. The van der Waals surface area contributed by atoms with E-state index in [-0.39, 0.29) is 5.69 Å². The molecule has 0 saturated carbocycles. The minimum Gasteiger partial charge on any atom is -0.389 e. The minimum atomic E-state index is -0.399. The average Bonchev–Trinajstić information content (AvgIpc) is 2.33. The van der Waals surface area contributed by atoms with Crippen molar-refractivity contribution in [1.29, 1.82) is 0 Å². The Balaban J connectivity index is 2.34. The van der Waals surface area contributed by atoms with Crippen LogP contribution in [0.2, 0.25) is 5.02 Å². The number of aryl methyl sites for hydroxylation is 1. The molecule has 0 amide bonds. The van der Waals surface area contributed by atoms with E-state index in [1.54, 1.807) is 24.3 Å². The van der Waals surface area contributed by atoms with Crippen LogP contribution in [-0.2, 0) is 0 Å².